The van der Waals surface area contributed by atoms with Gasteiger partial charge in [0.25, 0.3) is 0 Å². The normalized spacial score (nSPS) is 11.0. The minimum atomic E-state index is -5.08. The summed E-state index contributed by atoms with van der Waals surface area (Å²) in [6.07, 6.45) is -7.05. The minimum Gasteiger partial charge on any atom is -0.481 e. The van der Waals surface area contributed by atoms with Crippen molar-refractivity contribution < 1.29 is 61.9 Å². The van der Waals surface area contributed by atoms with Crippen LogP contribution in [0.5, 0.6) is 11.5 Å². The van der Waals surface area contributed by atoms with Crippen LogP contribution in [0.4, 0.5) is 23.7 Å². The largest absolute Gasteiger partial charge is 0.490 e. The van der Waals surface area contributed by atoms with E-state index in [1.165, 1.54) is 36.4 Å². The number of nitrogens with two attached hydrogens (primary N) is 1. The van der Waals surface area contributed by atoms with E-state index < -0.39 is 48.6 Å². The fourth-order valence-electron chi connectivity index (χ4n) is 2.24. The molecule has 38 heavy (non-hydrogen) atoms. The van der Waals surface area contributed by atoms with Crippen molar-refractivity contribution in [2.24, 2.45) is 5.73 Å². The molecule has 0 spiro atoms. The van der Waals surface area contributed by atoms with Crippen LogP contribution in [-0.2, 0) is 14.4 Å². The standard InChI is InChI=1S/C19H18N4O8.C2HF3O2/c20-18(21)22-11-3-1-10(2-4-11)17(28)30-12-5-7-13(8-6-12)31-19(29)23-14(16(26)27)9-15(24)25;3-2(4,5)1(6)7/h1-8,14H,9H2,(H,23,29)(H,24,25)(H,26,27)(H4,20,21,22);(H,6,7). The molecule has 0 saturated carbocycles. The Hall–Kier alpha value is -5.35. The van der Waals surface area contributed by atoms with Gasteiger partial charge in [0.2, 0.25) is 0 Å². The second-order valence-corrected chi connectivity index (χ2v) is 6.80. The third-order valence-electron chi connectivity index (χ3n) is 3.86. The van der Waals surface area contributed by atoms with Crippen LogP contribution >= 0.6 is 0 Å². The van der Waals surface area contributed by atoms with Crippen molar-refractivity contribution in [2.75, 3.05) is 5.32 Å². The molecule has 0 aliphatic carbocycles. The van der Waals surface area contributed by atoms with Crippen molar-refractivity contribution in [3.8, 4) is 11.5 Å². The maximum absolute atomic E-state index is 12.2. The summed E-state index contributed by atoms with van der Waals surface area (Å²) >= 11 is 0. The average molecular weight is 544 g/mol. The molecule has 0 saturated heterocycles. The molecule has 2 aromatic rings. The van der Waals surface area contributed by atoms with E-state index in [1.807, 2.05) is 5.32 Å². The molecule has 1 unspecified atom stereocenters. The Kier molecular flexibility index (Phi) is 11.0. The first-order valence-electron chi connectivity index (χ1n) is 9.85. The van der Waals surface area contributed by atoms with Crippen LogP contribution < -0.4 is 25.8 Å². The summed E-state index contributed by atoms with van der Waals surface area (Å²) in [5, 5.41) is 36.3. The Morgan fingerprint density at radius 1 is 0.895 bits per heavy atom. The molecule has 204 valence electrons. The van der Waals surface area contributed by atoms with Crippen molar-refractivity contribution in [3.63, 3.8) is 0 Å². The van der Waals surface area contributed by atoms with E-state index in [9.17, 15) is 32.3 Å². The van der Waals surface area contributed by atoms with Gasteiger partial charge in [-0.05, 0) is 48.5 Å². The molecule has 0 aliphatic heterocycles. The fourth-order valence-corrected chi connectivity index (χ4v) is 2.24. The SMILES string of the molecule is N=C(N)Nc1ccc(C(=O)Oc2ccc(OC(=O)NC(CC(=O)O)C(=O)O)cc2)cc1.O=C(O)C(F)(F)F. The third-order valence-corrected chi connectivity index (χ3v) is 3.86. The molecule has 1 atom stereocenters. The number of guanidine groups is 1. The number of anilines is 1. The Morgan fingerprint density at radius 3 is 1.76 bits per heavy atom. The number of esters is 1. The second kappa shape index (κ2) is 13.7. The number of nitrogens with one attached hydrogen (secondary N) is 3. The van der Waals surface area contributed by atoms with Gasteiger partial charge in [0, 0.05) is 5.69 Å². The van der Waals surface area contributed by atoms with Gasteiger partial charge in [-0.25, -0.2) is 19.2 Å². The Balaban J connectivity index is 0.000000905. The summed E-state index contributed by atoms with van der Waals surface area (Å²) in [6, 6.07) is 9.68. The van der Waals surface area contributed by atoms with E-state index >= 15 is 0 Å². The monoisotopic (exact) mass is 544 g/mol. The number of alkyl halides is 3. The average Bonchev–Trinajstić information content (AvgIpc) is 2.79. The Labute approximate surface area is 210 Å². The zero-order valence-corrected chi connectivity index (χ0v) is 18.8. The zero-order chi connectivity index (χ0) is 29.0. The number of carbonyl (C=O) groups is 5. The predicted molar refractivity (Wildman–Crippen MR) is 120 cm³/mol. The molecule has 1 amide bonds. The number of hydrogen-bond donors (Lipinski definition) is 7. The topological polar surface area (TPSA) is 238 Å². The molecule has 14 nitrogen and oxygen atoms in total. The summed E-state index contributed by atoms with van der Waals surface area (Å²) in [5.74, 6) is -6.41. The van der Waals surface area contributed by atoms with E-state index in [0.717, 1.165) is 0 Å². The number of carboxylic acids is 3. The van der Waals surface area contributed by atoms with Crippen molar-refractivity contribution >= 4 is 41.6 Å². The van der Waals surface area contributed by atoms with Gasteiger partial charge in [-0.3, -0.25) is 10.2 Å². The Bertz CT molecular complexity index is 1190. The van der Waals surface area contributed by atoms with Gasteiger partial charge in [0.15, 0.2) is 5.96 Å². The molecular weight excluding hydrogens is 525 g/mol. The van der Waals surface area contributed by atoms with Crippen LogP contribution in [0.2, 0.25) is 0 Å². The fraction of sp³-hybridized carbons (Fsp3) is 0.143. The highest BCUT2D eigenvalue weighted by atomic mass is 19.4. The molecule has 0 aromatic heterocycles. The van der Waals surface area contributed by atoms with Crippen molar-refractivity contribution in [1.82, 2.24) is 5.32 Å². The van der Waals surface area contributed by atoms with E-state index in [1.54, 1.807) is 12.1 Å². The molecule has 2 rings (SSSR count). The van der Waals surface area contributed by atoms with Crippen LogP contribution in [0.3, 0.4) is 0 Å². The minimum absolute atomic E-state index is 0.0106. The number of carboxylic acid groups (broad SMARTS) is 3. The van der Waals surface area contributed by atoms with Crippen LogP contribution in [0, 0.1) is 5.41 Å². The summed E-state index contributed by atoms with van der Waals surface area (Å²) in [7, 11) is 0. The molecule has 0 bridgehead atoms. The zero-order valence-electron chi connectivity index (χ0n) is 18.8. The Morgan fingerprint density at radius 2 is 1.37 bits per heavy atom. The van der Waals surface area contributed by atoms with Crippen molar-refractivity contribution in [3.05, 3.63) is 54.1 Å². The van der Waals surface area contributed by atoms with Gasteiger partial charge in [-0.1, -0.05) is 0 Å². The smallest absolute Gasteiger partial charge is 0.481 e. The maximum Gasteiger partial charge on any atom is 0.490 e. The molecule has 8 N–H and O–H groups in total. The van der Waals surface area contributed by atoms with Crippen molar-refractivity contribution in [1.29, 1.82) is 5.41 Å². The van der Waals surface area contributed by atoms with E-state index in [4.69, 9.17) is 40.7 Å². The summed E-state index contributed by atoms with van der Waals surface area (Å²) in [4.78, 5) is 54.4. The lowest BCUT2D eigenvalue weighted by atomic mass is 10.2. The van der Waals surface area contributed by atoms with E-state index in [2.05, 4.69) is 5.32 Å². The van der Waals surface area contributed by atoms with Crippen LogP contribution in [0.25, 0.3) is 0 Å². The number of halogens is 3. The maximum atomic E-state index is 12.2. The van der Waals surface area contributed by atoms with Crippen LogP contribution in [0.15, 0.2) is 48.5 Å². The summed E-state index contributed by atoms with van der Waals surface area (Å²) in [5.41, 5.74) is 5.99. The third kappa shape index (κ3) is 11.4. The molecule has 0 radical (unpaired) electrons. The number of amides is 1. The van der Waals surface area contributed by atoms with Gasteiger partial charge >= 0.3 is 36.1 Å². The van der Waals surface area contributed by atoms with Gasteiger partial charge in [-0.15, -0.1) is 0 Å². The molecule has 0 heterocycles. The van der Waals surface area contributed by atoms with Crippen molar-refractivity contribution in [2.45, 2.75) is 18.6 Å². The highest BCUT2D eigenvalue weighted by molar-refractivity contribution is 5.93. The van der Waals surface area contributed by atoms with E-state index in [0.29, 0.717) is 5.69 Å². The van der Waals surface area contributed by atoms with E-state index in [-0.39, 0.29) is 23.0 Å². The number of hydrogen-bond acceptors (Lipinski definition) is 8. The van der Waals surface area contributed by atoms with Gasteiger partial charge < -0.3 is 41.2 Å². The molecule has 0 aliphatic rings. The van der Waals surface area contributed by atoms with Gasteiger partial charge in [0.1, 0.15) is 17.5 Å². The number of ether oxygens (including phenoxy) is 2. The first kappa shape index (κ1) is 30.7. The first-order valence-corrected chi connectivity index (χ1v) is 9.85. The quantitative estimate of drug-likeness (QED) is 0.109. The van der Waals surface area contributed by atoms with Gasteiger partial charge in [-0.2, -0.15) is 13.2 Å². The number of benzene rings is 2. The molecular formula is C21H19F3N4O10. The number of carbonyl (C=O) groups excluding carboxylic acids is 2. The molecule has 0 fully saturated rings. The molecule has 17 heteroatoms. The molecule has 2 aromatic carbocycles. The van der Waals surface area contributed by atoms with Crippen LogP contribution in [-0.4, -0.2) is 63.5 Å². The first-order chi connectivity index (χ1) is 17.6. The lowest BCUT2D eigenvalue weighted by Crippen LogP contribution is -2.43. The summed E-state index contributed by atoms with van der Waals surface area (Å²) < 4.78 is 41.8. The number of rotatable bonds is 8. The van der Waals surface area contributed by atoms with Gasteiger partial charge in [0.05, 0.1) is 12.0 Å². The lowest BCUT2D eigenvalue weighted by Gasteiger charge is -2.12. The predicted octanol–water partition coefficient (Wildman–Crippen LogP) is 1.86. The highest BCUT2D eigenvalue weighted by Crippen LogP contribution is 2.19. The second-order valence-electron chi connectivity index (χ2n) is 6.80. The lowest BCUT2D eigenvalue weighted by molar-refractivity contribution is -0.192. The summed E-state index contributed by atoms with van der Waals surface area (Å²) in [6.45, 7) is 0. The number of aliphatic carboxylic acids is 3. The highest BCUT2D eigenvalue weighted by Gasteiger charge is 2.38. The van der Waals surface area contributed by atoms with Crippen LogP contribution in [0.1, 0.15) is 16.8 Å².